The summed E-state index contributed by atoms with van der Waals surface area (Å²) in [6, 6.07) is 12.1. The molecule has 0 unspecified atom stereocenters. The maximum Gasteiger partial charge on any atom is 0.212 e. The van der Waals surface area contributed by atoms with Crippen LogP contribution in [0.1, 0.15) is 10.6 Å². The van der Waals surface area contributed by atoms with E-state index in [2.05, 4.69) is 38.4 Å². The van der Waals surface area contributed by atoms with E-state index in [-0.39, 0.29) is 0 Å². The van der Waals surface area contributed by atoms with Gasteiger partial charge in [-0.2, -0.15) is 0 Å². The molecule has 0 aliphatic carbocycles. The molecule has 3 rings (SSSR count). The largest absolute Gasteiger partial charge is 0.481 e. The molecule has 0 radical (unpaired) electrons. The van der Waals surface area contributed by atoms with Crippen LogP contribution < -0.4 is 4.74 Å². The normalized spacial score (nSPS) is 10.6. The third-order valence-corrected chi connectivity index (χ3v) is 4.43. The van der Waals surface area contributed by atoms with Gasteiger partial charge in [-0.3, -0.25) is 0 Å². The number of hydrogen-bond acceptors (Lipinski definition) is 4. The molecule has 0 aliphatic heterocycles. The van der Waals surface area contributed by atoms with E-state index in [4.69, 9.17) is 9.72 Å². The number of thiazole rings is 1. The standard InChI is InChI=1S/C16H13BrN2OS/c1-20-15-7-2-11(9-18-15)8-16-19-14(10-21-16)12-3-5-13(17)6-4-12/h2-7,9-10H,8H2,1H3. The van der Waals surface area contributed by atoms with Crippen LogP contribution in [0.15, 0.2) is 52.4 Å². The minimum absolute atomic E-state index is 0.633. The van der Waals surface area contributed by atoms with Gasteiger partial charge in [-0.05, 0) is 17.7 Å². The van der Waals surface area contributed by atoms with E-state index in [1.807, 2.05) is 30.5 Å². The van der Waals surface area contributed by atoms with Gasteiger partial charge in [-0.1, -0.05) is 34.1 Å². The van der Waals surface area contributed by atoms with E-state index in [1.165, 1.54) is 0 Å². The predicted molar refractivity (Wildman–Crippen MR) is 88.8 cm³/mol. The molecule has 3 nitrogen and oxygen atoms in total. The molecule has 0 spiro atoms. The number of nitrogens with zero attached hydrogens (tertiary/aromatic N) is 2. The third-order valence-electron chi connectivity index (χ3n) is 3.05. The Kier molecular flexibility index (Phi) is 4.31. The van der Waals surface area contributed by atoms with Gasteiger partial charge in [0, 0.05) is 34.1 Å². The smallest absolute Gasteiger partial charge is 0.212 e. The number of rotatable bonds is 4. The number of benzene rings is 1. The molecule has 5 heteroatoms. The van der Waals surface area contributed by atoms with Crippen molar-refractivity contribution in [3.8, 4) is 17.1 Å². The molecule has 0 amide bonds. The molecule has 0 saturated carbocycles. The topological polar surface area (TPSA) is 35.0 Å². The maximum atomic E-state index is 5.06. The molecule has 0 saturated heterocycles. The molecule has 0 N–H and O–H groups in total. The van der Waals surface area contributed by atoms with Crippen LogP contribution in [0.2, 0.25) is 0 Å². The van der Waals surface area contributed by atoms with Gasteiger partial charge >= 0.3 is 0 Å². The van der Waals surface area contributed by atoms with Crippen LogP contribution in [0, 0.1) is 0 Å². The number of halogens is 1. The highest BCUT2D eigenvalue weighted by Gasteiger charge is 2.06. The Labute approximate surface area is 135 Å². The summed E-state index contributed by atoms with van der Waals surface area (Å²) in [4.78, 5) is 8.91. The number of ether oxygens (including phenoxy) is 1. The molecular formula is C16H13BrN2OS. The molecule has 106 valence electrons. The zero-order valence-corrected chi connectivity index (χ0v) is 13.8. The van der Waals surface area contributed by atoms with E-state index in [0.717, 1.165) is 32.7 Å². The Morgan fingerprint density at radius 2 is 1.95 bits per heavy atom. The summed E-state index contributed by atoms with van der Waals surface area (Å²) in [5.74, 6) is 0.633. The second-order valence-corrected chi connectivity index (χ2v) is 6.38. The number of aromatic nitrogens is 2. The summed E-state index contributed by atoms with van der Waals surface area (Å²) in [6.07, 6.45) is 2.62. The van der Waals surface area contributed by atoms with E-state index >= 15 is 0 Å². The minimum atomic E-state index is 0.633. The van der Waals surface area contributed by atoms with Crippen LogP contribution in [0.4, 0.5) is 0 Å². The molecule has 0 atom stereocenters. The summed E-state index contributed by atoms with van der Waals surface area (Å²) in [5.41, 5.74) is 3.28. The zero-order valence-electron chi connectivity index (χ0n) is 11.4. The fourth-order valence-electron chi connectivity index (χ4n) is 1.96. The fraction of sp³-hybridized carbons (Fsp3) is 0.125. The van der Waals surface area contributed by atoms with Gasteiger partial charge < -0.3 is 4.74 Å². The highest BCUT2D eigenvalue weighted by atomic mass is 79.9. The first-order valence-corrected chi connectivity index (χ1v) is 8.11. The quantitative estimate of drug-likeness (QED) is 0.683. The van der Waals surface area contributed by atoms with Crippen LogP contribution in [0.25, 0.3) is 11.3 Å². The SMILES string of the molecule is COc1ccc(Cc2nc(-c3ccc(Br)cc3)cs2)cn1. The first-order chi connectivity index (χ1) is 10.2. The molecule has 2 aromatic heterocycles. The van der Waals surface area contributed by atoms with Crippen molar-refractivity contribution in [2.75, 3.05) is 7.11 Å². The van der Waals surface area contributed by atoms with Gasteiger partial charge in [0.1, 0.15) is 0 Å². The Balaban J connectivity index is 1.76. The second kappa shape index (κ2) is 6.37. The van der Waals surface area contributed by atoms with Crippen molar-refractivity contribution < 1.29 is 4.74 Å². The van der Waals surface area contributed by atoms with Gasteiger partial charge in [-0.15, -0.1) is 11.3 Å². The van der Waals surface area contributed by atoms with Crippen molar-refractivity contribution in [3.05, 3.63) is 63.0 Å². The first kappa shape index (κ1) is 14.2. The molecule has 2 heterocycles. The van der Waals surface area contributed by atoms with E-state index in [0.29, 0.717) is 5.88 Å². The highest BCUT2D eigenvalue weighted by molar-refractivity contribution is 9.10. The van der Waals surface area contributed by atoms with Crippen LogP contribution in [0.5, 0.6) is 5.88 Å². The van der Waals surface area contributed by atoms with E-state index < -0.39 is 0 Å². The summed E-state index contributed by atoms with van der Waals surface area (Å²) in [7, 11) is 1.62. The van der Waals surface area contributed by atoms with E-state index in [1.54, 1.807) is 18.4 Å². The Morgan fingerprint density at radius 1 is 1.14 bits per heavy atom. The average molecular weight is 361 g/mol. The fourth-order valence-corrected chi connectivity index (χ4v) is 3.06. The Bertz CT molecular complexity index is 723. The third kappa shape index (κ3) is 3.49. The van der Waals surface area contributed by atoms with Gasteiger partial charge in [0.25, 0.3) is 0 Å². The molecule has 3 aromatic rings. The maximum absolute atomic E-state index is 5.06. The van der Waals surface area contributed by atoms with Crippen molar-refractivity contribution in [3.63, 3.8) is 0 Å². The predicted octanol–water partition coefficient (Wildman–Crippen LogP) is 4.57. The zero-order chi connectivity index (χ0) is 14.7. The lowest BCUT2D eigenvalue weighted by Gasteiger charge is -2.00. The highest BCUT2D eigenvalue weighted by Crippen LogP contribution is 2.25. The van der Waals surface area contributed by atoms with Gasteiger partial charge in [0.05, 0.1) is 17.8 Å². The molecular weight excluding hydrogens is 348 g/mol. The Hall–Kier alpha value is -1.72. The minimum Gasteiger partial charge on any atom is -0.481 e. The lowest BCUT2D eigenvalue weighted by Crippen LogP contribution is -1.91. The Morgan fingerprint density at radius 3 is 2.62 bits per heavy atom. The molecule has 1 aromatic carbocycles. The van der Waals surface area contributed by atoms with Gasteiger partial charge in [0.2, 0.25) is 5.88 Å². The van der Waals surface area contributed by atoms with Crippen LogP contribution in [-0.2, 0) is 6.42 Å². The van der Waals surface area contributed by atoms with Crippen LogP contribution in [0.3, 0.4) is 0 Å². The number of pyridine rings is 1. The molecule has 0 fully saturated rings. The lowest BCUT2D eigenvalue weighted by atomic mass is 10.2. The molecule has 0 bridgehead atoms. The summed E-state index contributed by atoms with van der Waals surface area (Å²) < 4.78 is 6.14. The van der Waals surface area contributed by atoms with Gasteiger partial charge in [0.15, 0.2) is 0 Å². The van der Waals surface area contributed by atoms with Crippen molar-refractivity contribution in [1.29, 1.82) is 0 Å². The summed E-state index contributed by atoms with van der Waals surface area (Å²) in [5, 5.41) is 3.18. The summed E-state index contributed by atoms with van der Waals surface area (Å²) in [6.45, 7) is 0. The first-order valence-electron chi connectivity index (χ1n) is 6.44. The average Bonchev–Trinajstić information content (AvgIpc) is 2.97. The van der Waals surface area contributed by atoms with E-state index in [9.17, 15) is 0 Å². The molecule has 21 heavy (non-hydrogen) atoms. The van der Waals surface area contributed by atoms with Crippen molar-refractivity contribution >= 4 is 27.3 Å². The van der Waals surface area contributed by atoms with Crippen LogP contribution in [-0.4, -0.2) is 17.1 Å². The monoisotopic (exact) mass is 360 g/mol. The number of methoxy groups -OCH3 is 1. The summed E-state index contributed by atoms with van der Waals surface area (Å²) >= 11 is 5.12. The van der Waals surface area contributed by atoms with Crippen LogP contribution >= 0.6 is 27.3 Å². The van der Waals surface area contributed by atoms with Crippen molar-refractivity contribution in [2.24, 2.45) is 0 Å². The van der Waals surface area contributed by atoms with Crippen molar-refractivity contribution in [1.82, 2.24) is 9.97 Å². The number of hydrogen-bond donors (Lipinski definition) is 0. The van der Waals surface area contributed by atoms with Gasteiger partial charge in [-0.25, -0.2) is 9.97 Å². The van der Waals surface area contributed by atoms with Crippen molar-refractivity contribution in [2.45, 2.75) is 6.42 Å². The second-order valence-electron chi connectivity index (χ2n) is 4.52. The molecule has 0 aliphatic rings. The lowest BCUT2D eigenvalue weighted by molar-refractivity contribution is 0.397.